The van der Waals surface area contributed by atoms with Crippen molar-refractivity contribution in [1.29, 1.82) is 0 Å². The van der Waals surface area contributed by atoms with Gasteiger partial charge in [-0.15, -0.1) is 0 Å². The quantitative estimate of drug-likeness (QED) is 0.261. The van der Waals surface area contributed by atoms with E-state index < -0.39 is 0 Å². The Kier molecular flexibility index (Phi) is 10.0. The van der Waals surface area contributed by atoms with Gasteiger partial charge in [-0.1, -0.05) is 31.9 Å². The lowest BCUT2D eigenvalue weighted by molar-refractivity contribution is 0.655. The van der Waals surface area contributed by atoms with E-state index in [2.05, 4.69) is 53.1 Å². The first-order valence-electron chi connectivity index (χ1n) is 8.64. The molecule has 8 heteroatoms. The number of thiocarbonyl (C=S) groups is 2. The number of anilines is 2. The van der Waals surface area contributed by atoms with Crippen LogP contribution in [0.3, 0.4) is 0 Å². The fourth-order valence-electron chi connectivity index (χ4n) is 2.25. The van der Waals surface area contributed by atoms with Crippen molar-refractivity contribution >= 4 is 77.9 Å². The van der Waals surface area contributed by atoms with E-state index >= 15 is 0 Å². The van der Waals surface area contributed by atoms with Gasteiger partial charge in [0, 0.05) is 33.4 Å². The third-order valence-corrected chi connectivity index (χ3v) is 5.18. The van der Waals surface area contributed by atoms with Gasteiger partial charge in [0.05, 0.1) is 0 Å². The second kappa shape index (κ2) is 12.3. The van der Waals surface area contributed by atoms with Crippen LogP contribution in [0.25, 0.3) is 0 Å². The molecule has 0 saturated carbocycles. The summed E-state index contributed by atoms with van der Waals surface area (Å²) in [5.74, 6) is 0. The molecule has 27 heavy (non-hydrogen) atoms. The summed E-state index contributed by atoms with van der Waals surface area (Å²) in [6.07, 6.45) is 3.20. The zero-order valence-corrected chi connectivity index (χ0v) is 19.5. The van der Waals surface area contributed by atoms with Crippen LogP contribution in [-0.4, -0.2) is 23.3 Å². The fraction of sp³-hybridized carbons (Fsp3) is 0.263. The Morgan fingerprint density at radius 1 is 0.630 bits per heavy atom. The van der Waals surface area contributed by atoms with Crippen LogP contribution < -0.4 is 21.3 Å². The molecular weight excluding hydrogens is 508 g/mol. The second-order valence-corrected chi connectivity index (χ2v) is 8.48. The minimum absolute atomic E-state index is 0.648. The molecule has 0 fully saturated rings. The molecule has 0 aliphatic rings. The molecular formula is C19H22Br2N4S2. The number of hydrogen-bond donors (Lipinski definition) is 4. The molecule has 4 N–H and O–H groups in total. The molecule has 0 radical (unpaired) electrons. The van der Waals surface area contributed by atoms with Crippen molar-refractivity contribution in [3.8, 4) is 0 Å². The first-order valence-corrected chi connectivity index (χ1v) is 11.0. The molecule has 0 unspecified atom stereocenters. The molecule has 0 bridgehead atoms. The summed E-state index contributed by atoms with van der Waals surface area (Å²) in [6, 6.07) is 15.8. The van der Waals surface area contributed by atoms with Gasteiger partial charge in [-0.3, -0.25) is 0 Å². The van der Waals surface area contributed by atoms with Gasteiger partial charge in [-0.2, -0.15) is 0 Å². The lowest BCUT2D eigenvalue weighted by Gasteiger charge is -2.12. The van der Waals surface area contributed by atoms with E-state index in [1.807, 2.05) is 48.5 Å². The summed E-state index contributed by atoms with van der Waals surface area (Å²) in [4.78, 5) is 0. The molecule has 0 saturated heterocycles. The number of hydrogen-bond acceptors (Lipinski definition) is 2. The van der Waals surface area contributed by atoms with Crippen molar-refractivity contribution in [2.24, 2.45) is 0 Å². The van der Waals surface area contributed by atoms with Gasteiger partial charge in [0.2, 0.25) is 0 Å². The van der Waals surface area contributed by atoms with Crippen LogP contribution in [0.5, 0.6) is 0 Å². The van der Waals surface area contributed by atoms with Gasteiger partial charge in [-0.25, -0.2) is 0 Å². The van der Waals surface area contributed by atoms with Gasteiger partial charge in [-0.05, 0) is 92.2 Å². The van der Waals surface area contributed by atoms with Gasteiger partial charge < -0.3 is 21.3 Å². The monoisotopic (exact) mass is 528 g/mol. The summed E-state index contributed by atoms with van der Waals surface area (Å²) in [5, 5.41) is 14.1. The zero-order valence-electron chi connectivity index (χ0n) is 14.7. The molecule has 2 aromatic rings. The van der Waals surface area contributed by atoms with E-state index in [1.165, 1.54) is 0 Å². The van der Waals surface area contributed by atoms with Crippen molar-refractivity contribution in [3.63, 3.8) is 0 Å². The summed E-state index contributed by atoms with van der Waals surface area (Å²) in [7, 11) is 0. The predicted octanol–water partition coefficient (Wildman–Crippen LogP) is 5.65. The van der Waals surface area contributed by atoms with Gasteiger partial charge in [0.25, 0.3) is 0 Å². The fourth-order valence-corrected chi connectivity index (χ4v) is 3.22. The van der Waals surface area contributed by atoms with Crippen molar-refractivity contribution in [2.75, 3.05) is 23.7 Å². The minimum Gasteiger partial charge on any atom is -0.362 e. The van der Waals surface area contributed by atoms with Crippen molar-refractivity contribution < 1.29 is 0 Å². The van der Waals surface area contributed by atoms with E-state index in [9.17, 15) is 0 Å². The van der Waals surface area contributed by atoms with Crippen LogP contribution in [0.2, 0.25) is 0 Å². The van der Waals surface area contributed by atoms with Crippen molar-refractivity contribution in [1.82, 2.24) is 10.6 Å². The standard InChI is InChI=1S/C19H22Br2N4S2/c20-14-4-8-16(9-5-14)24-18(26)22-12-2-1-3-13-23-19(27)25-17-10-6-15(21)7-11-17/h4-11H,1-3,12-13H2,(H2,22,24,26)(H2,23,25,27). The predicted molar refractivity (Wildman–Crippen MR) is 131 cm³/mol. The van der Waals surface area contributed by atoms with E-state index in [0.29, 0.717) is 10.2 Å². The first kappa shape index (κ1) is 22.1. The molecule has 0 spiro atoms. The lowest BCUT2D eigenvalue weighted by Crippen LogP contribution is -2.30. The molecule has 0 amide bonds. The van der Waals surface area contributed by atoms with Crippen LogP contribution in [0, 0.1) is 0 Å². The molecule has 0 heterocycles. The number of halogens is 2. The molecule has 4 nitrogen and oxygen atoms in total. The Balaban J connectivity index is 1.49. The topological polar surface area (TPSA) is 48.1 Å². The average molecular weight is 530 g/mol. The molecule has 0 atom stereocenters. The Morgan fingerprint density at radius 3 is 1.37 bits per heavy atom. The van der Waals surface area contributed by atoms with E-state index in [4.69, 9.17) is 24.4 Å². The van der Waals surface area contributed by atoms with Gasteiger partial charge >= 0.3 is 0 Å². The maximum absolute atomic E-state index is 5.30. The maximum Gasteiger partial charge on any atom is 0.170 e. The Bertz CT molecular complexity index is 673. The summed E-state index contributed by atoms with van der Waals surface area (Å²) in [6.45, 7) is 1.70. The van der Waals surface area contributed by atoms with Gasteiger partial charge in [0.1, 0.15) is 0 Å². The molecule has 0 aliphatic heterocycles. The third-order valence-electron chi connectivity index (χ3n) is 3.63. The molecule has 2 aromatic carbocycles. The van der Waals surface area contributed by atoms with E-state index in [1.54, 1.807) is 0 Å². The summed E-state index contributed by atoms with van der Waals surface area (Å²) >= 11 is 17.4. The Hall–Kier alpha value is -1.22. The van der Waals surface area contributed by atoms with Crippen molar-refractivity contribution in [2.45, 2.75) is 19.3 Å². The van der Waals surface area contributed by atoms with Crippen LogP contribution in [0.15, 0.2) is 57.5 Å². The number of unbranched alkanes of at least 4 members (excludes halogenated alkanes) is 2. The average Bonchev–Trinajstić information content (AvgIpc) is 2.65. The summed E-state index contributed by atoms with van der Waals surface area (Å²) < 4.78 is 2.10. The smallest absolute Gasteiger partial charge is 0.170 e. The molecule has 2 rings (SSSR count). The lowest BCUT2D eigenvalue weighted by atomic mass is 10.2. The SMILES string of the molecule is S=C(NCCCCCNC(=S)Nc1ccc(Br)cc1)Nc1ccc(Br)cc1. The Labute approximate surface area is 188 Å². The first-order chi connectivity index (χ1) is 13.0. The van der Waals surface area contributed by atoms with Crippen molar-refractivity contribution in [3.05, 3.63) is 57.5 Å². The van der Waals surface area contributed by atoms with Crippen LogP contribution >= 0.6 is 56.3 Å². The highest BCUT2D eigenvalue weighted by atomic mass is 79.9. The highest BCUT2D eigenvalue weighted by molar-refractivity contribution is 9.10. The number of rotatable bonds is 8. The highest BCUT2D eigenvalue weighted by Gasteiger charge is 1.99. The maximum atomic E-state index is 5.30. The highest BCUT2D eigenvalue weighted by Crippen LogP contribution is 2.14. The van der Waals surface area contributed by atoms with E-state index in [0.717, 1.165) is 52.7 Å². The van der Waals surface area contributed by atoms with Crippen LogP contribution in [0.1, 0.15) is 19.3 Å². The second-order valence-electron chi connectivity index (χ2n) is 5.84. The van der Waals surface area contributed by atoms with E-state index in [-0.39, 0.29) is 0 Å². The molecule has 0 aliphatic carbocycles. The minimum atomic E-state index is 0.648. The Morgan fingerprint density at radius 2 is 1.00 bits per heavy atom. The van der Waals surface area contributed by atoms with Crippen LogP contribution in [0.4, 0.5) is 11.4 Å². The largest absolute Gasteiger partial charge is 0.362 e. The summed E-state index contributed by atoms with van der Waals surface area (Å²) in [5.41, 5.74) is 1.96. The van der Waals surface area contributed by atoms with Crippen LogP contribution in [-0.2, 0) is 0 Å². The number of nitrogens with one attached hydrogen (secondary N) is 4. The van der Waals surface area contributed by atoms with Gasteiger partial charge in [0.15, 0.2) is 10.2 Å². The zero-order chi connectivity index (χ0) is 19.5. The molecule has 144 valence electrons. The third kappa shape index (κ3) is 9.51. The molecule has 0 aromatic heterocycles. The number of benzene rings is 2. The normalized spacial score (nSPS) is 10.1.